The Balaban J connectivity index is 1.37. The molecule has 0 bridgehead atoms. The zero-order chi connectivity index (χ0) is 17.8. The van der Waals surface area contributed by atoms with Crippen LogP contribution in [0.25, 0.3) is 0 Å². The highest BCUT2D eigenvalue weighted by Gasteiger charge is 2.25. The molecule has 2 aliphatic rings. The van der Waals surface area contributed by atoms with E-state index in [0.717, 1.165) is 32.6 Å². The normalized spacial score (nSPS) is 18.7. The van der Waals surface area contributed by atoms with Crippen molar-refractivity contribution in [3.63, 3.8) is 0 Å². The Morgan fingerprint density at radius 3 is 2.62 bits per heavy atom. The summed E-state index contributed by atoms with van der Waals surface area (Å²) in [5, 5.41) is 0.580. The quantitative estimate of drug-likeness (QED) is 0.726. The number of nitrogens with zero attached hydrogens (tertiary/aromatic N) is 3. The van der Waals surface area contributed by atoms with Gasteiger partial charge < -0.3 is 0 Å². The SMILES string of the molecule is Clc1cc(CN2CCC(C3=C(Cc4ccccc4)C=NC3)CC2)ccn1. The molecule has 4 rings (SSSR count). The lowest BCUT2D eigenvalue weighted by Crippen LogP contribution is -2.34. The molecule has 0 atom stereocenters. The molecule has 0 saturated carbocycles. The minimum Gasteiger partial charge on any atom is -0.299 e. The zero-order valence-electron chi connectivity index (χ0n) is 14.9. The van der Waals surface area contributed by atoms with Gasteiger partial charge in [0.05, 0.1) is 6.54 Å². The second kappa shape index (κ2) is 8.15. The van der Waals surface area contributed by atoms with Gasteiger partial charge in [-0.05, 0) is 72.7 Å². The van der Waals surface area contributed by atoms with Gasteiger partial charge in [-0.2, -0.15) is 0 Å². The molecule has 3 heterocycles. The van der Waals surface area contributed by atoms with E-state index >= 15 is 0 Å². The number of rotatable bonds is 5. The van der Waals surface area contributed by atoms with Crippen LogP contribution in [0.5, 0.6) is 0 Å². The molecule has 0 aliphatic carbocycles. The number of benzene rings is 1. The summed E-state index contributed by atoms with van der Waals surface area (Å²) >= 11 is 6.00. The summed E-state index contributed by atoms with van der Waals surface area (Å²) in [6, 6.07) is 14.8. The molecule has 26 heavy (non-hydrogen) atoms. The first-order valence-electron chi connectivity index (χ1n) is 9.36. The molecule has 0 N–H and O–H groups in total. The van der Waals surface area contributed by atoms with Crippen LogP contribution in [-0.2, 0) is 13.0 Å². The predicted octanol–water partition coefficient (Wildman–Crippen LogP) is 4.57. The monoisotopic (exact) mass is 365 g/mol. The van der Waals surface area contributed by atoms with E-state index in [1.165, 1.54) is 29.5 Å². The second-order valence-electron chi connectivity index (χ2n) is 7.22. The van der Waals surface area contributed by atoms with Crippen molar-refractivity contribution in [2.45, 2.75) is 25.8 Å². The van der Waals surface area contributed by atoms with Crippen molar-refractivity contribution in [2.75, 3.05) is 19.6 Å². The fraction of sp³-hybridized carbons (Fsp3) is 0.364. The van der Waals surface area contributed by atoms with Gasteiger partial charge >= 0.3 is 0 Å². The van der Waals surface area contributed by atoms with Gasteiger partial charge in [-0.25, -0.2) is 4.98 Å². The minimum absolute atomic E-state index is 0.580. The Bertz CT molecular complexity index is 805. The first-order chi connectivity index (χ1) is 12.8. The number of hydrogen-bond acceptors (Lipinski definition) is 3. The smallest absolute Gasteiger partial charge is 0.129 e. The largest absolute Gasteiger partial charge is 0.299 e. The average Bonchev–Trinajstić information content (AvgIpc) is 3.11. The Hall–Kier alpha value is -1.97. The van der Waals surface area contributed by atoms with Gasteiger partial charge in [-0.15, -0.1) is 0 Å². The Kier molecular flexibility index (Phi) is 5.47. The third kappa shape index (κ3) is 4.22. The zero-order valence-corrected chi connectivity index (χ0v) is 15.7. The fourth-order valence-corrected chi connectivity index (χ4v) is 4.24. The first-order valence-corrected chi connectivity index (χ1v) is 9.74. The summed E-state index contributed by atoms with van der Waals surface area (Å²) in [5.74, 6) is 0.675. The van der Waals surface area contributed by atoms with E-state index in [4.69, 9.17) is 11.6 Å². The van der Waals surface area contributed by atoms with Crippen LogP contribution in [0.15, 0.2) is 64.8 Å². The van der Waals surface area contributed by atoms with Crippen molar-refractivity contribution >= 4 is 17.8 Å². The van der Waals surface area contributed by atoms with E-state index in [0.29, 0.717) is 11.1 Å². The van der Waals surface area contributed by atoms with Gasteiger partial charge in [0.1, 0.15) is 5.15 Å². The summed E-state index contributed by atoms with van der Waals surface area (Å²) in [6.45, 7) is 4.12. The predicted molar refractivity (Wildman–Crippen MR) is 108 cm³/mol. The van der Waals surface area contributed by atoms with Gasteiger partial charge in [0.2, 0.25) is 0 Å². The lowest BCUT2D eigenvalue weighted by Gasteiger charge is -2.33. The number of aromatic nitrogens is 1. The van der Waals surface area contributed by atoms with Crippen LogP contribution in [0.1, 0.15) is 24.0 Å². The van der Waals surface area contributed by atoms with Gasteiger partial charge in [-0.1, -0.05) is 41.9 Å². The molecular formula is C22H24ClN3. The number of allylic oxidation sites excluding steroid dienone is 1. The third-order valence-corrected chi connectivity index (χ3v) is 5.64. The van der Waals surface area contributed by atoms with Crippen molar-refractivity contribution in [2.24, 2.45) is 10.9 Å². The van der Waals surface area contributed by atoms with Crippen LogP contribution in [-0.4, -0.2) is 35.7 Å². The molecule has 0 spiro atoms. The molecule has 1 saturated heterocycles. The standard InChI is InChI=1S/C22H24ClN3/c23-22-13-18(6-9-25-22)16-26-10-7-19(8-11-26)21-15-24-14-20(21)12-17-4-2-1-3-5-17/h1-6,9,13-14,19H,7-8,10-12,15-16H2. The number of aliphatic imine (C=N–C) groups is 1. The number of hydrogen-bond donors (Lipinski definition) is 0. The van der Waals surface area contributed by atoms with E-state index in [-0.39, 0.29) is 0 Å². The molecule has 2 aliphatic heterocycles. The van der Waals surface area contributed by atoms with Crippen LogP contribution in [0.3, 0.4) is 0 Å². The van der Waals surface area contributed by atoms with Crippen LogP contribution < -0.4 is 0 Å². The van der Waals surface area contributed by atoms with Crippen LogP contribution in [0.2, 0.25) is 5.15 Å². The molecule has 0 unspecified atom stereocenters. The summed E-state index contributed by atoms with van der Waals surface area (Å²) < 4.78 is 0. The number of piperidine rings is 1. The van der Waals surface area contributed by atoms with E-state index in [1.807, 2.05) is 6.07 Å². The highest BCUT2D eigenvalue weighted by Crippen LogP contribution is 2.31. The lowest BCUT2D eigenvalue weighted by atomic mass is 9.85. The van der Waals surface area contributed by atoms with E-state index in [9.17, 15) is 0 Å². The van der Waals surface area contributed by atoms with Gasteiger partial charge in [0.25, 0.3) is 0 Å². The van der Waals surface area contributed by atoms with Crippen molar-refractivity contribution in [3.05, 3.63) is 76.1 Å². The molecule has 2 aromatic rings. The molecule has 4 heteroatoms. The Morgan fingerprint density at radius 2 is 1.85 bits per heavy atom. The van der Waals surface area contributed by atoms with Gasteiger partial charge in [-0.3, -0.25) is 9.89 Å². The molecule has 134 valence electrons. The molecule has 1 aromatic carbocycles. The fourth-order valence-electron chi connectivity index (χ4n) is 4.04. The molecular weight excluding hydrogens is 342 g/mol. The summed E-state index contributed by atoms with van der Waals surface area (Å²) in [5.41, 5.74) is 5.63. The van der Waals surface area contributed by atoms with E-state index < -0.39 is 0 Å². The van der Waals surface area contributed by atoms with E-state index in [2.05, 4.69) is 57.5 Å². The van der Waals surface area contributed by atoms with Crippen molar-refractivity contribution < 1.29 is 0 Å². The van der Waals surface area contributed by atoms with Crippen LogP contribution in [0.4, 0.5) is 0 Å². The summed E-state index contributed by atoms with van der Waals surface area (Å²) in [6.07, 6.45) is 7.34. The van der Waals surface area contributed by atoms with E-state index in [1.54, 1.807) is 11.8 Å². The van der Waals surface area contributed by atoms with Crippen molar-refractivity contribution in [1.29, 1.82) is 0 Å². The molecule has 1 fully saturated rings. The topological polar surface area (TPSA) is 28.5 Å². The molecule has 1 aromatic heterocycles. The summed E-state index contributed by atoms with van der Waals surface area (Å²) in [4.78, 5) is 11.2. The average molecular weight is 366 g/mol. The van der Waals surface area contributed by atoms with Gasteiger partial charge in [0.15, 0.2) is 0 Å². The lowest BCUT2D eigenvalue weighted by molar-refractivity contribution is 0.190. The Morgan fingerprint density at radius 1 is 1.04 bits per heavy atom. The van der Waals surface area contributed by atoms with Crippen LogP contribution >= 0.6 is 11.6 Å². The highest BCUT2D eigenvalue weighted by molar-refractivity contribution is 6.29. The molecule has 0 amide bonds. The summed E-state index contributed by atoms with van der Waals surface area (Å²) in [7, 11) is 0. The Labute approximate surface area is 160 Å². The maximum atomic E-state index is 6.00. The number of halogens is 1. The third-order valence-electron chi connectivity index (χ3n) is 5.44. The number of likely N-dealkylation sites (tertiary alicyclic amines) is 1. The maximum absolute atomic E-state index is 6.00. The minimum atomic E-state index is 0.580. The molecule has 3 nitrogen and oxygen atoms in total. The second-order valence-corrected chi connectivity index (χ2v) is 7.61. The van der Waals surface area contributed by atoms with Crippen molar-refractivity contribution in [1.82, 2.24) is 9.88 Å². The first kappa shape index (κ1) is 17.4. The van der Waals surface area contributed by atoms with Crippen molar-refractivity contribution in [3.8, 4) is 0 Å². The van der Waals surface area contributed by atoms with Gasteiger partial charge in [0, 0.05) is 19.0 Å². The number of pyridine rings is 1. The van der Waals surface area contributed by atoms with Crippen LogP contribution in [0, 0.1) is 5.92 Å². The highest BCUT2D eigenvalue weighted by atomic mass is 35.5. The molecule has 0 radical (unpaired) electrons. The maximum Gasteiger partial charge on any atom is 0.129 e.